The van der Waals surface area contributed by atoms with Crippen LogP contribution >= 0.6 is 0 Å². The monoisotopic (exact) mass is 314 g/mol. The molecule has 1 aliphatic rings. The molecule has 23 heavy (non-hydrogen) atoms. The van der Waals surface area contributed by atoms with Crippen molar-refractivity contribution in [3.05, 3.63) is 35.9 Å². The van der Waals surface area contributed by atoms with Gasteiger partial charge in [-0.15, -0.1) is 0 Å². The Morgan fingerprint density at radius 2 is 2.00 bits per heavy atom. The number of esters is 1. The average Bonchev–Trinajstić information content (AvgIpc) is 2.84. The van der Waals surface area contributed by atoms with Gasteiger partial charge in [0.1, 0.15) is 0 Å². The van der Waals surface area contributed by atoms with E-state index in [1.807, 2.05) is 6.07 Å². The molecular weight excluding hydrogens is 296 g/mol. The second kappa shape index (κ2) is 6.61. The maximum absolute atomic E-state index is 12.6. The van der Waals surface area contributed by atoms with Crippen LogP contribution in [0.15, 0.2) is 30.3 Å². The maximum atomic E-state index is 12.6. The molecule has 0 N–H and O–H groups in total. The number of carbonyl (C=O) groups is 3. The largest absolute Gasteiger partial charge is 0.465 e. The van der Waals surface area contributed by atoms with E-state index in [1.165, 1.54) is 0 Å². The smallest absolute Gasteiger partial charge is 0.331 e. The number of hydrogen-bond donors (Lipinski definition) is 0. The Hall–Kier alpha value is -2.68. The predicted molar refractivity (Wildman–Crippen MR) is 80.9 cm³/mol. The summed E-state index contributed by atoms with van der Waals surface area (Å²) >= 11 is 0. The van der Waals surface area contributed by atoms with Gasteiger partial charge in [0.2, 0.25) is 11.8 Å². The molecule has 1 fully saturated rings. The molecule has 1 heterocycles. The third kappa shape index (κ3) is 2.59. The summed E-state index contributed by atoms with van der Waals surface area (Å²) in [4.78, 5) is 38.3. The zero-order valence-corrected chi connectivity index (χ0v) is 13.1. The van der Waals surface area contributed by atoms with Crippen molar-refractivity contribution in [1.29, 1.82) is 5.26 Å². The number of benzene rings is 1. The standard InChI is InChI=1S/C17H18N2O4/c1-3-19-14(20)10-13(15(19)21)17(11-18,16(22)23-4-2)12-8-6-5-7-9-12/h5-9,13H,3-4,10H2,1-2H3/t13-,17+/m1/s1. The normalized spacial score (nSPS) is 20.0. The summed E-state index contributed by atoms with van der Waals surface area (Å²) in [6.45, 7) is 3.61. The van der Waals surface area contributed by atoms with E-state index in [0.29, 0.717) is 5.56 Å². The van der Waals surface area contributed by atoms with Gasteiger partial charge in [0.15, 0.2) is 5.41 Å². The van der Waals surface area contributed by atoms with Crippen LogP contribution in [0.1, 0.15) is 25.8 Å². The van der Waals surface area contributed by atoms with Crippen LogP contribution in [-0.2, 0) is 24.5 Å². The van der Waals surface area contributed by atoms with E-state index in [1.54, 1.807) is 44.2 Å². The maximum Gasteiger partial charge on any atom is 0.331 e. The molecule has 0 radical (unpaired) electrons. The van der Waals surface area contributed by atoms with Crippen LogP contribution in [0.2, 0.25) is 0 Å². The first-order valence-electron chi connectivity index (χ1n) is 7.51. The lowest BCUT2D eigenvalue weighted by Crippen LogP contribution is -2.46. The van der Waals surface area contributed by atoms with Gasteiger partial charge < -0.3 is 4.74 Å². The van der Waals surface area contributed by atoms with Crippen molar-refractivity contribution in [2.24, 2.45) is 5.92 Å². The van der Waals surface area contributed by atoms with Crippen LogP contribution in [0.3, 0.4) is 0 Å². The van der Waals surface area contributed by atoms with Gasteiger partial charge in [-0.05, 0) is 19.4 Å². The molecule has 2 atom stereocenters. The molecule has 0 aromatic heterocycles. The number of hydrogen-bond acceptors (Lipinski definition) is 5. The Morgan fingerprint density at radius 1 is 1.35 bits per heavy atom. The zero-order chi connectivity index (χ0) is 17.0. The Balaban J connectivity index is 2.59. The van der Waals surface area contributed by atoms with Crippen LogP contribution in [0.5, 0.6) is 0 Å². The lowest BCUT2D eigenvalue weighted by atomic mass is 9.70. The van der Waals surface area contributed by atoms with Crippen LogP contribution in [-0.4, -0.2) is 35.8 Å². The Morgan fingerprint density at radius 3 is 2.48 bits per heavy atom. The van der Waals surface area contributed by atoms with Crippen molar-refractivity contribution >= 4 is 17.8 Å². The van der Waals surface area contributed by atoms with Crippen molar-refractivity contribution in [3.63, 3.8) is 0 Å². The second-order valence-corrected chi connectivity index (χ2v) is 5.24. The number of carbonyl (C=O) groups excluding carboxylic acids is 3. The van der Waals surface area contributed by atoms with Crippen molar-refractivity contribution in [2.45, 2.75) is 25.7 Å². The minimum atomic E-state index is -1.81. The van der Waals surface area contributed by atoms with Crippen molar-refractivity contribution in [1.82, 2.24) is 4.90 Å². The molecule has 6 heteroatoms. The van der Waals surface area contributed by atoms with Gasteiger partial charge in [-0.25, -0.2) is 4.79 Å². The first-order chi connectivity index (χ1) is 11.0. The van der Waals surface area contributed by atoms with Gasteiger partial charge >= 0.3 is 5.97 Å². The van der Waals surface area contributed by atoms with Gasteiger partial charge in [-0.1, -0.05) is 30.3 Å². The minimum Gasteiger partial charge on any atom is -0.465 e. The molecule has 2 rings (SSSR count). The summed E-state index contributed by atoms with van der Waals surface area (Å²) < 4.78 is 5.07. The van der Waals surface area contributed by atoms with Gasteiger partial charge in [0.25, 0.3) is 0 Å². The summed E-state index contributed by atoms with van der Waals surface area (Å²) in [5.74, 6) is -2.74. The highest BCUT2D eigenvalue weighted by Crippen LogP contribution is 2.40. The number of rotatable bonds is 5. The van der Waals surface area contributed by atoms with Gasteiger partial charge in [-0.3, -0.25) is 14.5 Å². The highest BCUT2D eigenvalue weighted by atomic mass is 16.5. The third-order valence-electron chi connectivity index (χ3n) is 4.09. The van der Waals surface area contributed by atoms with Crippen LogP contribution in [0.25, 0.3) is 0 Å². The zero-order valence-electron chi connectivity index (χ0n) is 13.1. The summed E-state index contributed by atoms with van der Waals surface area (Å²) in [5.41, 5.74) is -1.45. The quantitative estimate of drug-likeness (QED) is 0.605. The van der Waals surface area contributed by atoms with Crippen LogP contribution in [0, 0.1) is 17.2 Å². The van der Waals surface area contributed by atoms with Crippen molar-refractivity contribution in [2.75, 3.05) is 13.2 Å². The first kappa shape index (κ1) is 16.7. The Labute approximate surface area is 134 Å². The summed E-state index contributed by atoms with van der Waals surface area (Å²) in [7, 11) is 0. The Bertz CT molecular complexity index is 665. The fraction of sp³-hybridized carbons (Fsp3) is 0.412. The predicted octanol–water partition coefficient (Wildman–Crippen LogP) is 1.41. The molecule has 1 aliphatic heterocycles. The number of ether oxygens (including phenoxy) is 1. The molecule has 2 amide bonds. The van der Waals surface area contributed by atoms with Crippen LogP contribution < -0.4 is 0 Å². The third-order valence-corrected chi connectivity index (χ3v) is 4.09. The van der Waals surface area contributed by atoms with E-state index >= 15 is 0 Å². The molecule has 6 nitrogen and oxygen atoms in total. The van der Waals surface area contributed by atoms with Gasteiger partial charge in [-0.2, -0.15) is 5.26 Å². The lowest BCUT2D eigenvalue weighted by molar-refractivity contribution is -0.153. The van der Waals surface area contributed by atoms with Crippen molar-refractivity contribution < 1.29 is 19.1 Å². The molecule has 0 aliphatic carbocycles. The molecule has 0 unspecified atom stereocenters. The van der Waals surface area contributed by atoms with E-state index in [0.717, 1.165) is 4.90 Å². The molecule has 0 saturated carbocycles. The van der Waals surface area contributed by atoms with Crippen LogP contribution in [0.4, 0.5) is 0 Å². The molecule has 1 aromatic rings. The summed E-state index contributed by atoms with van der Waals surface area (Å²) in [5, 5.41) is 9.82. The SMILES string of the molecule is CCOC(=O)[C@@](C#N)(c1ccccc1)[C@@H]1CC(=O)N(CC)C1=O. The number of nitriles is 1. The molecule has 0 spiro atoms. The van der Waals surface area contributed by atoms with E-state index in [9.17, 15) is 19.6 Å². The minimum absolute atomic E-state index is 0.0848. The average molecular weight is 314 g/mol. The fourth-order valence-corrected chi connectivity index (χ4v) is 2.95. The molecule has 120 valence electrons. The molecule has 0 bridgehead atoms. The summed E-state index contributed by atoms with van der Waals surface area (Å²) in [6, 6.07) is 10.3. The molecule has 1 saturated heterocycles. The number of imide groups is 1. The second-order valence-electron chi connectivity index (χ2n) is 5.24. The topological polar surface area (TPSA) is 87.5 Å². The van der Waals surface area contributed by atoms with Gasteiger partial charge in [0.05, 0.1) is 18.6 Å². The number of likely N-dealkylation sites (tertiary alicyclic amines) is 1. The Kier molecular flexibility index (Phi) is 4.80. The van der Waals surface area contributed by atoms with Gasteiger partial charge in [0, 0.05) is 13.0 Å². The fourth-order valence-electron chi connectivity index (χ4n) is 2.95. The first-order valence-corrected chi connectivity index (χ1v) is 7.51. The van der Waals surface area contributed by atoms with E-state index < -0.39 is 23.2 Å². The summed E-state index contributed by atoms with van der Waals surface area (Å²) in [6.07, 6.45) is -0.173. The number of amides is 2. The molecule has 1 aromatic carbocycles. The van der Waals surface area contributed by atoms with Crippen molar-refractivity contribution in [3.8, 4) is 6.07 Å². The highest BCUT2D eigenvalue weighted by Gasteiger charge is 2.57. The lowest BCUT2D eigenvalue weighted by Gasteiger charge is -2.29. The van der Waals surface area contributed by atoms with E-state index in [-0.39, 0.29) is 25.5 Å². The van der Waals surface area contributed by atoms with E-state index in [2.05, 4.69) is 0 Å². The van der Waals surface area contributed by atoms with E-state index in [4.69, 9.17) is 4.74 Å². The number of nitrogens with zero attached hydrogens (tertiary/aromatic N) is 2. The molecular formula is C17H18N2O4. The highest BCUT2D eigenvalue weighted by molar-refractivity contribution is 6.08.